The van der Waals surface area contributed by atoms with Gasteiger partial charge in [-0.2, -0.15) is 4.98 Å². The van der Waals surface area contributed by atoms with Crippen molar-refractivity contribution in [1.82, 2.24) is 34.5 Å². The van der Waals surface area contributed by atoms with Crippen molar-refractivity contribution in [3.8, 4) is 17.0 Å². The van der Waals surface area contributed by atoms with Gasteiger partial charge in [0.25, 0.3) is 5.92 Å². The molecule has 2 aliphatic heterocycles. The van der Waals surface area contributed by atoms with Crippen molar-refractivity contribution in [1.29, 1.82) is 0 Å². The zero-order chi connectivity index (χ0) is 27.5. The van der Waals surface area contributed by atoms with Gasteiger partial charge in [-0.1, -0.05) is 11.3 Å². The molecule has 14 heteroatoms. The van der Waals surface area contributed by atoms with Crippen LogP contribution in [0, 0.1) is 5.82 Å². The molecule has 0 spiro atoms. The fourth-order valence-electron chi connectivity index (χ4n) is 4.63. The average molecular weight is 509 g/mol. The number of likely N-dealkylation sites (tertiary alicyclic amines) is 1. The molecule has 0 aliphatic carbocycles. The fraction of sp³-hybridized carbons (Fsp3) is 0.455. The SMILES string of the molecule is [2H]C([2H])([2H])Oc1nc(N[C@@H]2CN(C3COC3)CC2(F)F)nn2cc(F)c(-c3ccc4nnn(CCF)c4c3)c12. The maximum atomic E-state index is 15.4. The number of halogens is 4. The van der Waals surface area contributed by atoms with E-state index in [0.29, 0.717) is 24.2 Å². The third-order valence-electron chi connectivity index (χ3n) is 6.53. The number of hydrogen-bond donors (Lipinski definition) is 1. The number of rotatable bonds is 7. The van der Waals surface area contributed by atoms with E-state index in [4.69, 9.17) is 13.6 Å². The van der Waals surface area contributed by atoms with Crippen LogP contribution in [-0.4, -0.2) is 92.5 Å². The number of nitrogens with one attached hydrogen (secondary N) is 1. The van der Waals surface area contributed by atoms with Crippen LogP contribution < -0.4 is 10.1 Å². The molecular formula is C22H22F4N8O2. The molecule has 190 valence electrons. The molecule has 6 rings (SSSR count). The van der Waals surface area contributed by atoms with Crippen molar-refractivity contribution in [2.24, 2.45) is 0 Å². The minimum atomic E-state index is -3.14. The van der Waals surface area contributed by atoms with Crippen LogP contribution in [0.5, 0.6) is 5.88 Å². The quantitative estimate of drug-likeness (QED) is 0.380. The molecule has 36 heavy (non-hydrogen) atoms. The molecule has 2 fully saturated rings. The van der Waals surface area contributed by atoms with Gasteiger partial charge < -0.3 is 14.8 Å². The Bertz CT molecular complexity index is 1540. The van der Waals surface area contributed by atoms with Gasteiger partial charge >= 0.3 is 0 Å². The average Bonchev–Trinajstić information content (AvgIpc) is 3.44. The number of aryl methyl sites for hydroxylation is 1. The van der Waals surface area contributed by atoms with Crippen LogP contribution in [0.2, 0.25) is 0 Å². The first-order valence-electron chi connectivity index (χ1n) is 12.7. The third kappa shape index (κ3) is 3.71. The Labute approximate surface area is 206 Å². The van der Waals surface area contributed by atoms with Crippen molar-refractivity contribution >= 4 is 22.5 Å². The number of aromatic nitrogens is 6. The van der Waals surface area contributed by atoms with Crippen molar-refractivity contribution < 1.29 is 31.1 Å². The fourth-order valence-corrected chi connectivity index (χ4v) is 4.63. The Morgan fingerprint density at radius 1 is 1.33 bits per heavy atom. The number of methoxy groups -OCH3 is 1. The smallest absolute Gasteiger partial charge is 0.281 e. The van der Waals surface area contributed by atoms with E-state index < -0.39 is 43.9 Å². The van der Waals surface area contributed by atoms with Crippen molar-refractivity contribution in [2.75, 3.05) is 45.3 Å². The lowest BCUT2D eigenvalue weighted by Gasteiger charge is -2.34. The summed E-state index contributed by atoms with van der Waals surface area (Å²) >= 11 is 0. The van der Waals surface area contributed by atoms with Crippen LogP contribution in [0.3, 0.4) is 0 Å². The summed E-state index contributed by atoms with van der Waals surface area (Å²) in [6, 6.07) is 3.10. The van der Waals surface area contributed by atoms with Crippen molar-refractivity contribution in [3.05, 3.63) is 30.2 Å². The van der Waals surface area contributed by atoms with Crippen LogP contribution in [0.4, 0.5) is 23.5 Å². The number of nitrogens with zero attached hydrogens (tertiary/aromatic N) is 7. The molecule has 1 N–H and O–H groups in total. The maximum absolute atomic E-state index is 15.4. The second-order valence-electron chi connectivity index (χ2n) is 8.77. The molecular weight excluding hydrogens is 484 g/mol. The first-order valence-corrected chi connectivity index (χ1v) is 11.2. The van der Waals surface area contributed by atoms with Crippen LogP contribution in [0.1, 0.15) is 4.11 Å². The summed E-state index contributed by atoms with van der Waals surface area (Å²) in [5.74, 6) is -4.84. The van der Waals surface area contributed by atoms with Crippen LogP contribution in [0.25, 0.3) is 27.7 Å². The Morgan fingerprint density at radius 2 is 2.19 bits per heavy atom. The predicted octanol–water partition coefficient (Wildman–Crippen LogP) is 2.39. The third-order valence-corrected chi connectivity index (χ3v) is 6.53. The van der Waals surface area contributed by atoms with Gasteiger partial charge in [0, 0.05) is 6.54 Å². The van der Waals surface area contributed by atoms with Crippen LogP contribution >= 0.6 is 0 Å². The Balaban J connectivity index is 1.42. The first kappa shape index (κ1) is 19.6. The number of ether oxygens (including phenoxy) is 2. The molecule has 4 aromatic rings. The number of fused-ring (bicyclic) bond motifs is 2. The molecule has 1 atom stereocenters. The van der Waals surface area contributed by atoms with Crippen LogP contribution in [-0.2, 0) is 11.3 Å². The van der Waals surface area contributed by atoms with Gasteiger partial charge in [0.1, 0.15) is 23.7 Å². The monoisotopic (exact) mass is 509 g/mol. The number of alkyl halides is 3. The van der Waals surface area contributed by atoms with E-state index in [9.17, 15) is 13.2 Å². The lowest BCUT2D eigenvalue weighted by Crippen LogP contribution is -2.48. The molecule has 5 heterocycles. The van der Waals surface area contributed by atoms with Crippen molar-refractivity contribution in [2.45, 2.75) is 24.6 Å². The minimum absolute atomic E-state index is 0.0240. The van der Waals surface area contributed by atoms with Crippen molar-refractivity contribution in [3.63, 3.8) is 0 Å². The van der Waals surface area contributed by atoms with Gasteiger partial charge in [0.05, 0.1) is 60.8 Å². The summed E-state index contributed by atoms with van der Waals surface area (Å²) in [6.45, 7) is -0.546. The number of hydrogen-bond acceptors (Lipinski definition) is 8. The summed E-state index contributed by atoms with van der Waals surface area (Å²) in [5.41, 5.74) is 0.900. The van der Waals surface area contributed by atoms with Gasteiger partial charge in [-0.25, -0.2) is 26.8 Å². The molecule has 2 saturated heterocycles. The van der Waals surface area contributed by atoms with Crippen LogP contribution in [0.15, 0.2) is 24.4 Å². The minimum Gasteiger partial charge on any atom is -0.479 e. The highest BCUT2D eigenvalue weighted by Crippen LogP contribution is 2.36. The van der Waals surface area contributed by atoms with E-state index in [0.717, 1.165) is 10.7 Å². The van der Waals surface area contributed by atoms with Gasteiger partial charge in [-0.15, -0.1) is 10.2 Å². The standard InChI is InChI=1S/C22H22F4N8O2/c1-35-20-19-18(12-2-3-15-16(6-12)33(5-4-23)31-29-15)14(24)7-34(19)30-21(28-20)27-17-8-32(11-22(17,25)26)13-9-36-10-13/h2-3,6-7,13,17H,4-5,8-11H2,1H3,(H,27,30)/t17-/m1/s1/i1D3. The molecule has 10 nitrogen and oxygen atoms in total. The zero-order valence-corrected chi connectivity index (χ0v) is 18.7. The highest BCUT2D eigenvalue weighted by atomic mass is 19.3. The highest BCUT2D eigenvalue weighted by molar-refractivity contribution is 5.89. The molecule has 0 radical (unpaired) electrons. The Morgan fingerprint density at radius 3 is 2.94 bits per heavy atom. The molecule has 0 unspecified atom stereocenters. The number of benzene rings is 1. The molecule has 2 aliphatic rings. The Hall–Kier alpha value is -3.52. The highest BCUT2D eigenvalue weighted by Gasteiger charge is 2.51. The van der Waals surface area contributed by atoms with E-state index in [1.165, 1.54) is 16.8 Å². The second-order valence-corrected chi connectivity index (χ2v) is 8.77. The molecule has 0 saturated carbocycles. The Kier molecular flexibility index (Phi) is 4.67. The second kappa shape index (κ2) is 8.55. The van der Waals surface area contributed by atoms with E-state index in [2.05, 4.69) is 25.7 Å². The molecule has 1 aromatic carbocycles. The summed E-state index contributed by atoms with van der Waals surface area (Å²) in [7, 11) is -2.99. The normalized spacial score (nSPS) is 21.9. The van der Waals surface area contributed by atoms with E-state index in [1.54, 1.807) is 11.0 Å². The topological polar surface area (TPSA) is 94.6 Å². The van der Waals surface area contributed by atoms with E-state index in [1.807, 2.05) is 0 Å². The van der Waals surface area contributed by atoms with E-state index in [-0.39, 0.29) is 41.7 Å². The molecule has 0 amide bonds. The largest absolute Gasteiger partial charge is 0.479 e. The lowest BCUT2D eigenvalue weighted by atomic mass is 10.1. The summed E-state index contributed by atoms with van der Waals surface area (Å²) in [6.07, 6.45) is 0.968. The number of anilines is 1. The zero-order valence-electron chi connectivity index (χ0n) is 21.7. The predicted molar refractivity (Wildman–Crippen MR) is 121 cm³/mol. The summed E-state index contributed by atoms with van der Waals surface area (Å²) in [4.78, 5) is 5.67. The maximum Gasteiger partial charge on any atom is 0.281 e. The van der Waals surface area contributed by atoms with Gasteiger partial charge in [-0.3, -0.25) is 4.90 Å². The van der Waals surface area contributed by atoms with Gasteiger partial charge in [0.15, 0.2) is 5.82 Å². The first-order chi connectivity index (χ1) is 18.5. The summed E-state index contributed by atoms with van der Waals surface area (Å²) < 4.78 is 93.2. The van der Waals surface area contributed by atoms with E-state index >= 15 is 4.39 Å². The lowest BCUT2D eigenvalue weighted by molar-refractivity contribution is -0.0711. The van der Waals surface area contributed by atoms with Gasteiger partial charge in [0.2, 0.25) is 11.8 Å². The summed E-state index contributed by atoms with van der Waals surface area (Å²) in [5, 5.41) is 14.5. The molecule has 0 bridgehead atoms. The van der Waals surface area contributed by atoms with Gasteiger partial charge in [-0.05, 0) is 17.7 Å². The molecule has 3 aromatic heterocycles.